The van der Waals surface area contributed by atoms with Gasteiger partial charge in [-0.15, -0.1) is 0 Å². The molecule has 1 aromatic heterocycles. The summed E-state index contributed by atoms with van der Waals surface area (Å²) in [5.41, 5.74) is 1.57. The fraction of sp³-hybridized carbons (Fsp3) is 0.455. The first-order valence-electron chi connectivity index (χ1n) is 10.2. The van der Waals surface area contributed by atoms with Crippen LogP contribution in [0.25, 0.3) is 0 Å². The van der Waals surface area contributed by atoms with Gasteiger partial charge in [-0.25, -0.2) is 0 Å². The molecule has 0 bridgehead atoms. The highest BCUT2D eigenvalue weighted by Crippen LogP contribution is 2.29. The third kappa shape index (κ3) is 5.73. The maximum atomic E-state index is 12.5. The van der Waals surface area contributed by atoms with E-state index in [1.165, 1.54) is 32.6 Å². The van der Waals surface area contributed by atoms with E-state index in [9.17, 15) is 9.59 Å². The number of rotatable bonds is 7. The molecule has 2 aromatic rings. The summed E-state index contributed by atoms with van der Waals surface area (Å²) in [6.45, 7) is 2.39. The van der Waals surface area contributed by atoms with Crippen LogP contribution in [0.5, 0.6) is 11.5 Å². The molecule has 0 saturated carbocycles. The SMILES string of the molecule is COc1ccc(OC)c(NC(=O)C(=O)NCC(c2ccsc2)N2CCCCCC2)c1. The standard InChI is InChI=1S/C22H29N3O4S/c1-28-17-7-8-20(29-2)18(13-17)24-22(27)21(26)23-14-19(16-9-12-30-15-16)25-10-5-3-4-6-11-25/h7-9,12-13,15,19H,3-6,10-11,14H2,1-2H3,(H,23,26)(H,24,27). The molecule has 0 aliphatic carbocycles. The van der Waals surface area contributed by atoms with Gasteiger partial charge in [0.1, 0.15) is 11.5 Å². The van der Waals surface area contributed by atoms with Gasteiger partial charge in [-0.1, -0.05) is 12.8 Å². The van der Waals surface area contributed by atoms with Gasteiger partial charge in [0.05, 0.1) is 25.9 Å². The summed E-state index contributed by atoms with van der Waals surface area (Å²) >= 11 is 1.64. The molecular formula is C22H29N3O4S. The second kappa shape index (κ2) is 11.0. The highest BCUT2D eigenvalue weighted by molar-refractivity contribution is 7.08. The fourth-order valence-corrected chi connectivity index (χ4v) is 4.40. The van der Waals surface area contributed by atoms with Crippen LogP contribution in [-0.2, 0) is 9.59 Å². The number of thiophene rings is 1. The van der Waals surface area contributed by atoms with Gasteiger partial charge in [-0.3, -0.25) is 14.5 Å². The quantitative estimate of drug-likeness (QED) is 0.657. The Balaban J connectivity index is 1.64. The summed E-state index contributed by atoms with van der Waals surface area (Å²) in [5, 5.41) is 9.59. The van der Waals surface area contributed by atoms with Crippen molar-refractivity contribution < 1.29 is 19.1 Å². The number of nitrogens with zero attached hydrogens (tertiary/aromatic N) is 1. The third-order valence-corrected chi connectivity index (χ3v) is 6.03. The summed E-state index contributed by atoms with van der Waals surface area (Å²) in [6.07, 6.45) is 4.80. The molecule has 0 radical (unpaired) electrons. The highest BCUT2D eigenvalue weighted by Gasteiger charge is 2.24. The lowest BCUT2D eigenvalue weighted by atomic mass is 10.1. The third-order valence-electron chi connectivity index (χ3n) is 5.33. The Hall–Kier alpha value is -2.58. The van der Waals surface area contributed by atoms with Crippen molar-refractivity contribution in [2.75, 3.05) is 39.2 Å². The zero-order chi connectivity index (χ0) is 21.3. The second-order valence-corrected chi connectivity index (χ2v) is 8.03. The van der Waals surface area contributed by atoms with E-state index < -0.39 is 11.8 Å². The molecule has 1 saturated heterocycles. The second-order valence-electron chi connectivity index (χ2n) is 7.25. The summed E-state index contributed by atoms with van der Waals surface area (Å²) in [5.74, 6) is -0.390. The van der Waals surface area contributed by atoms with E-state index in [1.807, 2.05) is 5.38 Å². The summed E-state index contributed by atoms with van der Waals surface area (Å²) in [6, 6.07) is 7.18. The Labute approximate surface area is 181 Å². The molecule has 7 nitrogen and oxygen atoms in total. The van der Waals surface area contributed by atoms with E-state index >= 15 is 0 Å². The van der Waals surface area contributed by atoms with Gasteiger partial charge in [0, 0.05) is 12.6 Å². The van der Waals surface area contributed by atoms with Crippen molar-refractivity contribution in [2.45, 2.75) is 31.7 Å². The zero-order valence-corrected chi connectivity index (χ0v) is 18.3. The molecule has 1 atom stereocenters. The Kier molecular flexibility index (Phi) is 8.10. The topological polar surface area (TPSA) is 79.9 Å². The van der Waals surface area contributed by atoms with Gasteiger partial charge >= 0.3 is 11.8 Å². The van der Waals surface area contributed by atoms with Crippen LogP contribution in [-0.4, -0.2) is 50.6 Å². The van der Waals surface area contributed by atoms with Crippen LogP contribution >= 0.6 is 11.3 Å². The van der Waals surface area contributed by atoms with E-state index in [0.717, 1.165) is 25.9 Å². The van der Waals surface area contributed by atoms with Crippen molar-refractivity contribution in [3.63, 3.8) is 0 Å². The number of hydrogen-bond donors (Lipinski definition) is 2. The number of anilines is 1. The van der Waals surface area contributed by atoms with Crippen molar-refractivity contribution in [1.82, 2.24) is 10.2 Å². The van der Waals surface area contributed by atoms with Crippen LogP contribution in [0.2, 0.25) is 0 Å². The minimum atomic E-state index is -0.735. The molecule has 30 heavy (non-hydrogen) atoms. The molecule has 1 unspecified atom stereocenters. The van der Waals surface area contributed by atoms with Crippen molar-refractivity contribution in [2.24, 2.45) is 0 Å². The first-order chi connectivity index (χ1) is 14.6. The number of carbonyl (C=O) groups is 2. The predicted molar refractivity (Wildman–Crippen MR) is 118 cm³/mol. The van der Waals surface area contributed by atoms with Crippen LogP contribution in [0.1, 0.15) is 37.3 Å². The van der Waals surface area contributed by atoms with E-state index in [0.29, 0.717) is 23.7 Å². The Bertz CT molecular complexity index is 833. The Morgan fingerprint density at radius 2 is 1.83 bits per heavy atom. The van der Waals surface area contributed by atoms with Gasteiger partial charge in [-0.2, -0.15) is 11.3 Å². The zero-order valence-electron chi connectivity index (χ0n) is 17.5. The molecule has 1 aliphatic rings. The van der Waals surface area contributed by atoms with Crippen LogP contribution in [0.15, 0.2) is 35.0 Å². The van der Waals surface area contributed by atoms with Gasteiger partial charge in [0.2, 0.25) is 0 Å². The van der Waals surface area contributed by atoms with Gasteiger partial charge in [-0.05, 0) is 60.5 Å². The number of benzene rings is 1. The number of hydrogen-bond acceptors (Lipinski definition) is 6. The van der Waals surface area contributed by atoms with Crippen molar-refractivity contribution in [1.29, 1.82) is 0 Å². The maximum absolute atomic E-state index is 12.5. The molecule has 162 valence electrons. The molecular weight excluding hydrogens is 402 g/mol. The van der Waals surface area contributed by atoms with E-state index in [1.54, 1.807) is 29.5 Å². The largest absolute Gasteiger partial charge is 0.497 e. The first kappa shape index (κ1) is 22.1. The number of carbonyl (C=O) groups excluding carboxylic acids is 2. The Morgan fingerprint density at radius 1 is 1.07 bits per heavy atom. The first-order valence-corrected chi connectivity index (χ1v) is 11.1. The number of likely N-dealkylation sites (tertiary alicyclic amines) is 1. The molecule has 1 aliphatic heterocycles. The maximum Gasteiger partial charge on any atom is 0.313 e. The van der Waals surface area contributed by atoms with Crippen LogP contribution < -0.4 is 20.1 Å². The molecule has 2 N–H and O–H groups in total. The summed E-state index contributed by atoms with van der Waals surface area (Å²) in [7, 11) is 3.04. The lowest BCUT2D eigenvalue weighted by Crippen LogP contribution is -2.42. The molecule has 3 rings (SSSR count). The predicted octanol–water partition coefficient (Wildman–Crippen LogP) is 3.44. The molecule has 8 heteroatoms. The molecule has 1 fully saturated rings. The number of methoxy groups -OCH3 is 2. The molecule has 1 aromatic carbocycles. The van der Waals surface area contributed by atoms with E-state index in [2.05, 4.69) is 27.0 Å². The molecule has 2 heterocycles. The minimum Gasteiger partial charge on any atom is -0.497 e. The van der Waals surface area contributed by atoms with Gasteiger partial charge in [0.25, 0.3) is 0 Å². The molecule has 0 spiro atoms. The Morgan fingerprint density at radius 3 is 2.47 bits per heavy atom. The van der Waals surface area contributed by atoms with E-state index in [-0.39, 0.29) is 6.04 Å². The number of nitrogens with one attached hydrogen (secondary N) is 2. The monoisotopic (exact) mass is 431 g/mol. The summed E-state index contributed by atoms with van der Waals surface area (Å²) < 4.78 is 10.4. The fourth-order valence-electron chi connectivity index (χ4n) is 3.69. The summed E-state index contributed by atoms with van der Waals surface area (Å²) in [4.78, 5) is 27.4. The van der Waals surface area contributed by atoms with Crippen LogP contribution in [0.4, 0.5) is 5.69 Å². The number of ether oxygens (including phenoxy) is 2. The van der Waals surface area contributed by atoms with Crippen LogP contribution in [0, 0.1) is 0 Å². The average molecular weight is 432 g/mol. The minimum absolute atomic E-state index is 0.0671. The normalized spacial score (nSPS) is 15.7. The lowest BCUT2D eigenvalue weighted by molar-refractivity contribution is -0.136. The van der Waals surface area contributed by atoms with Crippen molar-refractivity contribution in [3.8, 4) is 11.5 Å². The lowest BCUT2D eigenvalue weighted by Gasteiger charge is -2.30. The van der Waals surface area contributed by atoms with E-state index in [4.69, 9.17) is 9.47 Å². The van der Waals surface area contributed by atoms with Gasteiger partial charge in [0.15, 0.2) is 0 Å². The van der Waals surface area contributed by atoms with Crippen molar-refractivity contribution >= 4 is 28.8 Å². The smallest absolute Gasteiger partial charge is 0.313 e. The average Bonchev–Trinajstić information content (AvgIpc) is 3.16. The van der Waals surface area contributed by atoms with Gasteiger partial charge < -0.3 is 20.1 Å². The highest BCUT2D eigenvalue weighted by atomic mass is 32.1. The molecule has 2 amide bonds. The van der Waals surface area contributed by atoms with Crippen LogP contribution in [0.3, 0.4) is 0 Å². The van der Waals surface area contributed by atoms with Crippen molar-refractivity contribution in [3.05, 3.63) is 40.6 Å². The number of amides is 2.